The smallest absolute Gasteiger partial charge is 0.140 e. The van der Waals surface area contributed by atoms with Crippen LogP contribution in [0.3, 0.4) is 0 Å². The molecule has 1 fully saturated rings. The number of rotatable bonds is 7. The lowest BCUT2D eigenvalue weighted by Crippen LogP contribution is -2.23. The molecule has 2 rings (SSSR count). The molecule has 1 aromatic rings. The Labute approximate surface area is 128 Å². The summed E-state index contributed by atoms with van der Waals surface area (Å²) < 4.78 is 5.73. The van der Waals surface area contributed by atoms with Gasteiger partial charge in [0.25, 0.3) is 0 Å². The number of ether oxygens (including phenoxy) is 1. The van der Waals surface area contributed by atoms with E-state index in [0.717, 1.165) is 43.6 Å². The van der Waals surface area contributed by atoms with Crippen LogP contribution in [0.4, 0.5) is 0 Å². The van der Waals surface area contributed by atoms with Crippen molar-refractivity contribution in [2.45, 2.75) is 64.7 Å². The normalized spacial score (nSPS) is 22.3. The number of hydrogen-bond acceptors (Lipinski definition) is 2. The van der Waals surface area contributed by atoms with Crippen molar-refractivity contribution in [2.75, 3.05) is 6.61 Å². The molecule has 1 aromatic carbocycles. The third-order valence-electron chi connectivity index (χ3n) is 4.62. The van der Waals surface area contributed by atoms with Crippen LogP contribution in [-0.2, 0) is 4.79 Å². The molecule has 0 amide bonds. The van der Waals surface area contributed by atoms with Crippen LogP contribution < -0.4 is 4.74 Å². The number of benzene rings is 1. The van der Waals surface area contributed by atoms with Crippen LogP contribution in [0.2, 0.25) is 0 Å². The topological polar surface area (TPSA) is 26.3 Å². The van der Waals surface area contributed by atoms with E-state index < -0.39 is 0 Å². The van der Waals surface area contributed by atoms with Gasteiger partial charge >= 0.3 is 0 Å². The minimum Gasteiger partial charge on any atom is -0.494 e. The van der Waals surface area contributed by atoms with Gasteiger partial charge < -0.3 is 4.74 Å². The largest absolute Gasteiger partial charge is 0.494 e. The predicted octanol–water partition coefficient (Wildman–Crippen LogP) is 5.12. The molecule has 0 spiro atoms. The first-order valence-electron chi connectivity index (χ1n) is 8.50. The average Bonchev–Trinajstić information content (AvgIpc) is 2.52. The van der Waals surface area contributed by atoms with Crippen LogP contribution in [0.5, 0.6) is 5.75 Å². The lowest BCUT2D eigenvalue weighted by Gasteiger charge is -2.27. The van der Waals surface area contributed by atoms with Crippen LogP contribution in [0.25, 0.3) is 0 Å². The molecule has 1 aliphatic rings. The van der Waals surface area contributed by atoms with Crippen LogP contribution in [0, 0.1) is 5.92 Å². The Morgan fingerprint density at radius 3 is 2.48 bits per heavy atom. The molecule has 21 heavy (non-hydrogen) atoms. The lowest BCUT2D eigenvalue weighted by molar-refractivity contribution is -0.123. The minimum absolute atomic E-state index is 0.113. The van der Waals surface area contributed by atoms with Crippen molar-refractivity contribution < 1.29 is 9.53 Å². The molecule has 0 aromatic heterocycles. The third-order valence-corrected chi connectivity index (χ3v) is 4.62. The predicted molar refractivity (Wildman–Crippen MR) is 86.8 cm³/mol. The molecule has 0 bridgehead atoms. The fourth-order valence-corrected chi connectivity index (χ4v) is 3.13. The van der Waals surface area contributed by atoms with Gasteiger partial charge in [0.05, 0.1) is 6.61 Å². The second-order valence-electron chi connectivity index (χ2n) is 6.20. The highest BCUT2D eigenvalue weighted by Crippen LogP contribution is 2.34. The van der Waals surface area contributed by atoms with Crippen LogP contribution in [-0.4, -0.2) is 12.4 Å². The van der Waals surface area contributed by atoms with Gasteiger partial charge in [0.2, 0.25) is 0 Å². The molecule has 2 atom stereocenters. The maximum absolute atomic E-state index is 12.3. The van der Waals surface area contributed by atoms with Gasteiger partial charge in [-0.1, -0.05) is 45.2 Å². The monoisotopic (exact) mass is 288 g/mol. The highest BCUT2D eigenvalue weighted by atomic mass is 16.5. The van der Waals surface area contributed by atoms with Gasteiger partial charge in [-0.05, 0) is 42.9 Å². The van der Waals surface area contributed by atoms with Gasteiger partial charge in [0.15, 0.2) is 0 Å². The van der Waals surface area contributed by atoms with Gasteiger partial charge in [-0.25, -0.2) is 0 Å². The molecule has 0 radical (unpaired) electrons. The summed E-state index contributed by atoms with van der Waals surface area (Å²) in [7, 11) is 0. The van der Waals surface area contributed by atoms with Crippen LogP contribution in [0.1, 0.15) is 70.3 Å². The van der Waals surface area contributed by atoms with Crippen molar-refractivity contribution in [2.24, 2.45) is 5.92 Å². The Morgan fingerprint density at radius 1 is 1.10 bits per heavy atom. The summed E-state index contributed by atoms with van der Waals surface area (Å²) in [6, 6.07) is 8.18. The molecule has 0 saturated heterocycles. The molecule has 1 saturated carbocycles. The highest BCUT2D eigenvalue weighted by Gasteiger charge is 2.28. The maximum atomic E-state index is 12.3. The SMILES string of the molecule is CCCCCOc1ccc([C@H]2CC[C@H](CC)CC2=O)cc1. The summed E-state index contributed by atoms with van der Waals surface area (Å²) >= 11 is 0. The van der Waals surface area contributed by atoms with E-state index in [1.54, 1.807) is 0 Å². The fourth-order valence-electron chi connectivity index (χ4n) is 3.13. The molecule has 2 heteroatoms. The average molecular weight is 288 g/mol. The van der Waals surface area contributed by atoms with E-state index >= 15 is 0 Å². The minimum atomic E-state index is 0.113. The van der Waals surface area contributed by atoms with Gasteiger partial charge in [-0.3, -0.25) is 4.79 Å². The maximum Gasteiger partial charge on any atom is 0.140 e. The van der Waals surface area contributed by atoms with Gasteiger partial charge in [-0.15, -0.1) is 0 Å². The van der Waals surface area contributed by atoms with Crippen molar-refractivity contribution in [1.29, 1.82) is 0 Å². The standard InChI is InChI=1S/C19H28O2/c1-3-5-6-13-21-17-10-8-16(9-11-17)18-12-7-15(4-2)14-19(18)20/h8-11,15,18H,3-7,12-14H2,1-2H3/t15-,18+/m0/s1. The number of hydrogen-bond donors (Lipinski definition) is 0. The van der Waals surface area contributed by atoms with Gasteiger partial charge in [0.1, 0.15) is 11.5 Å². The Morgan fingerprint density at radius 2 is 1.86 bits per heavy atom. The Bertz CT molecular complexity index is 435. The number of carbonyl (C=O) groups excluding carboxylic acids is 1. The molecular formula is C19H28O2. The first-order valence-corrected chi connectivity index (χ1v) is 8.50. The van der Waals surface area contributed by atoms with E-state index in [0.29, 0.717) is 11.7 Å². The van der Waals surface area contributed by atoms with E-state index in [-0.39, 0.29) is 5.92 Å². The summed E-state index contributed by atoms with van der Waals surface area (Å²) in [5, 5.41) is 0. The molecule has 1 aliphatic carbocycles. The quantitative estimate of drug-likeness (QED) is 0.651. The summed E-state index contributed by atoms with van der Waals surface area (Å²) in [5.74, 6) is 2.06. The van der Waals surface area contributed by atoms with E-state index in [1.807, 2.05) is 12.1 Å². The second kappa shape index (κ2) is 8.21. The first-order chi connectivity index (χ1) is 10.2. The lowest BCUT2D eigenvalue weighted by atomic mass is 9.77. The number of Topliss-reactive ketones (excluding diaryl/α,β-unsaturated/α-hetero) is 1. The summed E-state index contributed by atoms with van der Waals surface area (Å²) in [6.45, 7) is 5.16. The number of ketones is 1. The van der Waals surface area contributed by atoms with Gasteiger partial charge in [-0.2, -0.15) is 0 Å². The van der Waals surface area contributed by atoms with E-state index in [9.17, 15) is 4.79 Å². The molecule has 0 N–H and O–H groups in total. The zero-order valence-electron chi connectivity index (χ0n) is 13.4. The van der Waals surface area contributed by atoms with Gasteiger partial charge in [0, 0.05) is 12.3 Å². The van der Waals surface area contributed by atoms with E-state index in [2.05, 4.69) is 26.0 Å². The Hall–Kier alpha value is -1.31. The first kappa shape index (κ1) is 16.1. The molecule has 2 nitrogen and oxygen atoms in total. The zero-order valence-corrected chi connectivity index (χ0v) is 13.4. The van der Waals surface area contributed by atoms with E-state index in [1.165, 1.54) is 19.3 Å². The fraction of sp³-hybridized carbons (Fsp3) is 0.632. The summed E-state index contributed by atoms with van der Waals surface area (Å²) in [6.07, 6.45) is 7.62. The van der Waals surface area contributed by atoms with Crippen molar-refractivity contribution in [3.63, 3.8) is 0 Å². The van der Waals surface area contributed by atoms with E-state index in [4.69, 9.17) is 4.74 Å². The Balaban J connectivity index is 1.88. The summed E-state index contributed by atoms with van der Waals surface area (Å²) in [5.41, 5.74) is 1.16. The second-order valence-corrected chi connectivity index (χ2v) is 6.20. The molecular weight excluding hydrogens is 260 g/mol. The molecule has 0 unspecified atom stereocenters. The zero-order chi connectivity index (χ0) is 15.1. The number of unbranched alkanes of at least 4 members (excludes halogenated alkanes) is 2. The Kier molecular flexibility index (Phi) is 6.28. The van der Waals surface area contributed by atoms with Crippen molar-refractivity contribution in [3.05, 3.63) is 29.8 Å². The van der Waals surface area contributed by atoms with Crippen LogP contribution >= 0.6 is 0 Å². The highest BCUT2D eigenvalue weighted by molar-refractivity contribution is 5.86. The number of carbonyl (C=O) groups is 1. The summed E-state index contributed by atoms with van der Waals surface area (Å²) in [4.78, 5) is 12.3. The van der Waals surface area contributed by atoms with Crippen molar-refractivity contribution >= 4 is 5.78 Å². The van der Waals surface area contributed by atoms with Crippen molar-refractivity contribution in [1.82, 2.24) is 0 Å². The third kappa shape index (κ3) is 4.59. The molecule has 0 aliphatic heterocycles. The van der Waals surface area contributed by atoms with Crippen molar-refractivity contribution in [3.8, 4) is 5.75 Å². The molecule has 116 valence electrons. The van der Waals surface area contributed by atoms with Crippen LogP contribution in [0.15, 0.2) is 24.3 Å². The molecule has 0 heterocycles.